The van der Waals surface area contributed by atoms with E-state index < -0.39 is 6.10 Å². The summed E-state index contributed by atoms with van der Waals surface area (Å²) in [4.78, 5) is 12.6. The summed E-state index contributed by atoms with van der Waals surface area (Å²) in [5, 5.41) is 0.510. The Morgan fingerprint density at radius 2 is 1.96 bits per heavy atom. The molecular weight excluding hydrogens is 328 g/mol. The fourth-order valence-corrected chi connectivity index (χ4v) is 3.66. The van der Waals surface area contributed by atoms with Crippen LogP contribution in [0.3, 0.4) is 0 Å². The van der Waals surface area contributed by atoms with Gasteiger partial charge in [0.15, 0.2) is 11.5 Å². The molecule has 24 heavy (non-hydrogen) atoms. The summed E-state index contributed by atoms with van der Waals surface area (Å²) in [5.41, 5.74) is 1.88. The van der Waals surface area contributed by atoms with Gasteiger partial charge >= 0.3 is 5.97 Å². The zero-order valence-electron chi connectivity index (χ0n) is 14.7. The smallest absolute Gasteiger partial charge is 0.310 e. The molecule has 0 radical (unpaired) electrons. The number of carbonyl (C=O) groups is 1. The molecule has 0 aromatic heterocycles. The van der Waals surface area contributed by atoms with Gasteiger partial charge < -0.3 is 14.2 Å². The van der Waals surface area contributed by atoms with Crippen molar-refractivity contribution >= 4 is 17.6 Å². The van der Waals surface area contributed by atoms with Crippen molar-refractivity contribution in [3.05, 3.63) is 34.4 Å². The Labute approximate surface area is 147 Å². The lowest BCUT2D eigenvalue weighted by molar-refractivity contribution is -0.151. The molecule has 1 fully saturated rings. The van der Waals surface area contributed by atoms with Crippen molar-refractivity contribution < 1.29 is 19.0 Å². The Bertz CT molecular complexity index is 704. The molecule has 3 atom stereocenters. The SMILES string of the molecule is CC(C)=C[C@H]1[C@@H](C(=O)O[C@H](C)c2cc3c(cc2Cl)OCO3)C1(C)C. The lowest BCUT2D eigenvalue weighted by atomic mass is 10.1. The van der Waals surface area contributed by atoms with Gasteiger partial charge in [-0.2, -0.15) is 0 Å². The first-order valence-corrected chi connectivity index (χ1v) is 8.54. The number of fused-ring (bicyclic) bond motifs is 1. The quantitative estimate of drug-likeness (QED) is 0.571. The highest BCUT2D eigenvalue weighted by atomic mass is 35.5. The van der Waals surface area contributed by atoms with E-state index in [9.17, 15) is 4.79 Å². The fourth-order valence-electron chi connectivity index (χ4n) is 3.35. The van der Waals surface area contributed by atoms with Gasteiger partial charge in [0.2, 0.25) is 6.79 Å². The molecule has 130 valence electrons. The van der Waals surface area contributed by atoms with Crippen LogP contribution in [0.2, 0.25) is 5.02 Å². The molecular formula is C19H23ClO4. The zero-order valence-corrected chi connectivity index (χ0v) is 15.4. The standard InChI is InChI=1S/C19H23ClO4/c1-10(2)6-13-17(19(13,4)5)18(21)24-11(3)12-7-15-16(8-14(12)20)23-9-22-15/h6-8,11,13,17H,9H2,1-5H3/t11-,13+,17+/m1/s1. The van der Waals surface area contributed by atoms with Crippen LogP contribution in [-0.4, -0.2) is 12.8 Å². The molecule has 0 spiro atoms. The highest BCUT2D eigenvalue weighted by Crippen LogP contribution is 2.60. The third-order valence-electron chi connectivity index (χ3n) is 4.90. The summed E-state index contributed by atoms with van der Waals surface area (Å²) in [6.45, 7) is 10.3. The molecule has 0 saturated heterocycles. The van der Waals surface area contributed by atoms with E-state index in [1.807, 2.05) is 20.8 Å². The van der Waals surface area contributed by atoms with Crippen molar-refractivity contribution in [2.75, 3.05) is 6.79 Å². The Balaban J connectivity index is 1.73. The maximum atomic E-state index is 12.6. The highest BCUT2D eigenvalue weighted by Gasteiger charge is 2.61. The van der Waals surface area contributed by atoms with Gasteiger partial charge in [0.25, 0.3) is 0 Å². The molecule has 1 aliphatic carbocycles. The molecule has 4 nitrogen and oxygen atoms in total. The summed E-state index contributed by atoms with van der Waals surface area (Å²) in [6, 6.07) is 3.49. The van der Waals surface area contributed by atoms with Crippen LogP contribution >= 0.6 is 11.6 Å². The molecule has 1 aromatic carbocycles. The minimum Gasteiger partial charge on any atom is -0.457 e. The van der Waals surface area contributed by atoms with E-state index in [0.29, 0.717) is 16.5 Å². The fraction of sp³-hybridized carbons (Fsp3) is 0.526. The molecule has 2 aliphatic rings. The molecule has 3 rings (SSSR count). The molecule has 1 aliphatic heterocycles. The molecule has 0 N–H and O–H groups in total. The second kappa shape index (κ2) is 5.99. The van der Waals surface area contributed by atoms with Crippen molar-refractivity contribution in [2.24, 2.45) is 17.3 Å². The number of benzene rings is 1. The van der Waals surface area contributed by atoms with Crippen molar-refractivity contribution in [1.29, 1.82) is 0 Å². The van der Waals surface area contributed by atoms with Crippen LogP contribution in [0.1, 0.15) is 46.3 Å². The second-order valence-corrected chi connectivity index (χ2v) is 7.78. The summed E-state index contributed by atoms with van der Waals surface area (Å²) >= 11 is 6.30. The number of hydrogen-bond acceptors (Lipinski definition) is 4. The minimum absolute atomic E-state index is 0.0627. The van der Waals surface area contributed by atoms with Gasteiger partial charge in [0.1, 0.15) is 6.10 Å². The number of carbonyl (C=O) groups excluding carboxylic acids is 1. The first-order chi connectivity index (χ1) is 11.2. The Morgan fingerprint density at radius 3 is 2.58 bits per heavy atom. The van der Waals surface area contributed by atoms with E-state index >= 15 is 0 Å². The van der Waals surface area contributed by atoms with Gasteiger partial charge in [-0.1, -0.05) is 37.1 Å². The predicted molar refractivity (Wildman–Crippen MR) is 92.3 cm³/mol. The van der Waals surface area contributed by atoms with Crippen molar-refractivity contribution in [2.45, 2.75) is 40.7 Å². The summed E-state index contributed by atoms with van der Waals surface area (Å²) < 4.78 is 16.4. The van der Waals surface area contributed by atoms with E-state index in [2.05, 4.69) is 19.9 Å². The largest absolute Gasteiger partial charge is 0.457 e. The van der Waals surface area contributed by atoms with Crippen molar-refractivity contribution in [1.82, 2.24) is 0 Å². The third kappa shape index (κ3) is 3.00. The summed E-state index contributed by atoms with van der Waals surface area (Å²) in [7, 11) is 0. The average molecular weight is 351 g/mol. The third-order valence-corrected chi connectivity index (χ3v) is 5.23. The van der Waals surface area contributed by atoms with Crippen LogP contribution in [0.15, 0.2) is 23.8 Å². The first-order valence-electron chi connectivity index (χ1n) is 8.16. The van der Waals surface area contributed by atoms with Crippen LogP contribution < -0.4 is 9.47 Å². The van der Waals surface area contributed by atoms with E-state index in [4.69, 9.17) is 25.8 Å². The summed E-state index contributed by atoms with van der Waals surface area (Å²) in [5.74, 6) is 1.20. The minimum atomic E-state index is -0.441. The maximum Gasteiger partial charge on any atom is 0.310 e. The Hall–Kier alpha value is -1.68. The number of rotatable bonds is 4. The molecule has 0 amide bonds. The van der Waals surface area contributed by atoms with Crippen LogP contribution in [0, 0.1) is 17.3 Å². The van der Waals surface area contributed by atoms with Crippen LogP contribution in [0.5, 0.6) is 11.5 Å². The van der Waals surface area contributed by atoms with E-state index in [1.54, 1.807) is 12.1 Å². The van der Waals surface area contributed by atoms with Crippen molar-refractivity contribution in [3.8, 4) is 11.5 Å². The number of ether oxygens (including phenoxy) is 3. The van der Waals surface area contributed by atoms with E-state index in [0.717, 1.165) is 5.56 Å². The second-order valence-electron chi connectivity index (χ2n) is 7.37. The van der Waals surface area contributed by atoms with Crippen LogP contribution in [0.25, 0.3) is 0 Å². The number of hydrogen-bond donors (Lipinski definition) is 0. The zero-order chi connectivity index (χ0) is 17.6. The molecule has 0 unspecified atom stereocenters. The molecule has 1 aromatic rings. The van der Waals surface area contributed by atoms with E-state index in [1.165, 1.54) is 5.57 Å². The monoisotopic (exact) mass is 350 g/mol. The summed E-state index contributed by atoms with van der Waals surface area (Å²) in [6.07, 6.45) is 1.72. The normalized spacial score (nSPS) is 24.2. The highest BCUT2D eigenvalue weighted by molar-refractivity contribution is 6.31. The Kier molecular flexibility index (Phi) is 4.28. The van der Waals surface area contributed by atoms with Crippen LogP contribution in [-0.2, 0) is 9.53 Å². The van der Waals surface area contributed by atoms with Gasteiger partial charge in [0, 0.05) is 11.6 Å². The Morgan fingerprint density at radius 1 is 1.33 bits per heavy atom. The molecule has 0 bridgehead atoms. The molecule has 1 saturated carbocycles. The molecule has 1 heterocycles. The first kappa shape index (κ1) is 17.2. The predicted octanol–water partition coefficient (Wildman–Crippen LogP) is 4.91. The van der Waals surface area contributed by atoms with Gasteiger partial charge in [0.05, 0.1) is 10.9 Å². The topological polar surface area (TPSA) is 44.8 Å². The van der Waals surface area contributed by atoms with Gasteiger partial charge in [-0.05, 0) is 38.2 Å². The number of halogens is 1. The lowest BCUT2D eigenvalue weighted by Crippen LogP contribution is -2.14. The molecule has 5 heteroatoms. The number of esters is 1. The van der Waals surface area contributed by atoms with Gasteiger partial charge in [-0.15, -0.1) is 0 Å². The average Bonchev–Trinajstić information content (AvgIpc) is 2.82. The van der Waals surface area contributed by atoms with Gasteiger partial charge in [-0.25, -0.2) is 0 Å². The van der Waals surface area contributed by atoms with E-state index in [-0.39, 0.29) is 30.0 Å². The van der Waals surface area contributed by atoms with Crippen molar-refractivity contribution in [3.63, 3.8) is 0 Å². The number of allylic oxidation sites excluding steroid dienone is 2. The lowest BCUT2D eigenvalue weighted by Gasteiger charge is -2.16. The van der Waals surface area contributed by atoms with Gasteiger partial charge in [-0.3, -0.25) is 4.79 Å². The maximum absolute atomic E-state index is 12.6. The van der Waals surface area contributed by atoms with Crippen LogP contribution in [0.4, 0.5) is 0 Å².